The molecule has 0 unspecified atom stereocenters. The van der Waals surface area contributed by atoms with E-state index in [4.69, 9.17) is 4.74 Å². The minimum absolute atomic E-state index is 0.132. The summed E-state index contributed by atoms with van der Waals surface area (Å²) in [6, 6.07) is 1.93. The van der Waals surface area contributed by atoms with Crippen LogP contribution in [0.4, 0.5) is 10.5 Å². The van der Waals surface area contributed by atoms with Gasteiger partial charge in [0.15, 0.2) is 0 Å². The molecule has 114 valence electrons. The smallest absolute Gasteiger partial charge is 0.414 e. The molecule has 1 aromatic rings. The average Bonchev–Trinajstić information content (AvgIpc) is 2.59. The SMILES string of the molecule is C=C(C)c1cc2c(cn1)C(C)(C)CN2C(=O)OC(C)(C)C. The number of hydrogen-bond acceptors (Lipinski definition) is 3. The Morgan fingerprint density at radius 3 is 2.57 bits per heavy atom. The molecule has 0 bridgehead atoms. The zero-order valence-corrected chi connectivity index (χ0v) is 13.8. The van der Waals surface area contributed by atoms with Crippen molar-refractivity contribution in [2.75, 3.05) is 11.4 Å². The van der Waals surface area contributed by atoms with E-state index in [1.165, 1.54) is 0 Å². The van der Waals surface area contributed by atoms with Crippen molar-refractivity contribution in [3.05, 3.63) is 30.1 Å². The monoisotopic (exact) mass is 288 g/mol. The van der Waals surface area contributed by atoms with Crippen LogP contribution < -0.4 is 4.90 Å². The number of nitrogens with zero attached hydrogens (tertiary/aromatic N) is 2. The topological polar surface area (TPSA) is 42.4 Å². The van der Waals surface area contributed by atoms with Crippen molar-refractivity contribution in [1.82, 2.24) is 4.98 Å². The maximum atomic E-state index is 12.5. The molecule has 4 heteroatoms. The largest absolute Gasteiger partial charge is 0.443 e. The molecule has 0 atom stereocenters. The Balaban J connectivity index is 2.43. The van der Waals surface area contributed by atoms with E-state index in [1.54, 1.807) is 4.90 Å². The minimum atomic E-state index is -0.506. The van der Waals surface area contributed by atoms with Crippen LogP contribution in [0.1, 0.15) is 52.8 Å². The number of rotatable bonds is 1. The number of aromatic nitrogens is 1. The van der Waals surface area contributed by atoms with Crippen LogP contribution in [0.15, 0.2) is 18.8 Å². The highest BCUT2D eigenvalue weighted by Gasteiger charge is 2.40. The van der Waals surface area contributed by atoms with Crippen LogP contribution in [0.3, 0.4) is 0 Å². The third-order valence-electron chi connectivity index (χ3n) is 3.51. The van der Waals surface area contributed by atoms with Crippen LogP contribution in [-0.4, -0.2) is 23.2 Å². The summed E-state index contributed by atoms with van der Waals surface area (Å²) in [4.78, 5) is 18.6. The Morgan fingerprint density at radius 2 is 2.05 bits per heavy atom. The molecule has 0 spiro atoms. The molecule has 0 radical (unpaired) electrons. The molecular formula is C17H24N2O2. The highest BCUT2D eigenvalue weighted by atomic mass is 16.6. The molecular weight excluding hydrogens is 264 g/mol. The van der Waals surface area contributed by atoms with Gasteiger partial charge < -0.3 is 4.74 Å². The van der Waals surface area contributed by atoms with Gasteiger partial charge in [-0.15, -0.1) is 0 Å². The number of carbonyl (C=O) groups is 1. The number of pyridine rings is 1. The predicted molar refractivity (Wildman–Crippen MR) is 85.6 cm³/mol. The quantitative estimate of drug-likeness (QED) is 0.779. The summed E-state index contributed by atoms with van der Waals surface area (Å²) in [5.41, 5.74) is 2.99. The van der Waals surface area contributed by atoms with E-state index in [1.807, 2.05) is 40.0 Å². The molecule has 1 amide bonds. The van der Waals surface area contributed by atoms with Crippen molar-refractivity contribution in [3.63, 3.8) is 0 Å². The lowest BCUT2D eigenvalue weighted by atomic mass is 9.88. The third kappa shape index (κ3) is 3.09. The van der Waals surface area contributed by atoms with Crippen molar-refractivity contribution < 1.29 is 9.53 Å². The molecule has 0 saturated heterocycles. The van der Waals surface area contributed by atoms with Crippen LogP contribution >= 0.6 is 0 Å². The minimum Gasteiger partial charge on any atom is -0.443 e. The third-order valence-corrected chi connectivity index (χ3v) is 3.51. The predicted octanol–water partition coefficient (Wildman–Crippen LogP) is 4.15. The maximum absolute atomic E-state index is 12.5. The second-order valence-corrected chi connectivity index (χ2v) is 7.32. The summed E-state index contributed by atoms with van der Waals surface area (Å²) in [7, 11) is 0. The van der Waals surface area contributed by atoms with Gasteiger partial charge in [0.25, 0.3) is 0 Å². The number of allylic oxidation sites excluding steroid dienone is 1. The van der Waals surface area contributed by atoms with Gasteiger partial charge >= 0.3 is 6.09 Å². The molecule has 0 aliphatic carbocycles. The molecule has 2 rings (SSSR count). The van der Waals surface area contributed by atoms with Gasteiger partial charge in [-0.05, 0) is 39.3 Å². The van der Waals surface area contributed by atoms with Gasteiger partial charge in [-0.1, -0.05) is 20.4 Å². The second-order valence-electron chi connectivity index (χ2n) is 7.32. The van der Waals surface area contributed by atoms with Gasteiger partial charge in [-0.25, -0.2) is 4.79 Å². The van der Waals surface area contributed by atoms with E-state index in [9.17, 15) is 4.79 Å². The van der Waals surface area contributed by atoms with E-state index in [2.05, 4.69) is 25.4 Å². The lowest BCUT2D eigenvalue weighted by Crippen LogP contribution is -2.38. The van der Waals surface area contributed by atoms with Crippen LogP contribution in [0, 0.1) is 0 Å². The number of fused-ring (bicyclic) bond motifs is 1. The number of ether oxygens (including phenoxy) is 1. The number of hydrogen-bond donors (Lipinski definition) is 0. The Kier molecular flexibility index (Phi) is 3.60. The average molecular weight is 288 g/mol. The zero-order valence-electron chi connectivity index (χ0n) is 13.8. The lowest BCUT2D eigenvalue weighted by Gasteiger charge is -2.26. The molecule has 1 aromatic heterocycles. The van der Waals surface area contributed by atoms with Gasteiger partial charge in [0.1, 0.15) is 5.60 Å². The first-order chi connectivity index (χ1) is 9.51. The van der Waals surface area contributed by atoms with Crippen LogP contribution in [0.2, 0.25) is 0 Å². The van der Waals surface area contributed by atoms with Gasteiger partial charge in [0.2, 0.25) is 0 Å². The summed E-state index contributed by atoms with van der Waals surface area (Å²) in [5.74, 6) is 0. The fourth-order valence-corrected chi connectivity index (χ4v) is 2.47. The molecule has 21 heavy (non-hydrogen) atoms. The molecule has 0 saturated carbocycles. The van der Waals surface area contributed by atoms with E-state index in [-0.39, 0.29) is 11.5 Å². The zero-order chi connectivity index (χ0) is 16.0. The Labute approximate surface area is 126 Å². The highest BCUT2D eigenvalue weighted by molar-refractivity contribution is 5.92. The highest BCUT2D eigenvalue weighted by Crippen LogP contribution is 2.41. The number of carbonyl (C=O) groups excluding carboxylic acids is 1. The molecule has 0 fully saturated rings. The van der Waals surface area contributed by atoms with E-state index in [0.29, 0.717) is 6.54 Å². The fraction of sp³-hybridized carbons (Fsp3) is 0.529. The summed E-state index contributed by atoms with van der Waals surface area (Å²) in [6.07, 6.45) is 1.54. The first kappa shape index (κ1) is 15.5. The second kappa shape index (κ2) is 4.86. The van der Waals surface area contributed by atoms with E-state index >= 15 is 0 Å². The van der Waals surface area contributed by atoms with Gasteiger partial charge in [-0.2, -0.15) is 0 Å². The van der Waals surface area contributed by atoms with Crippen molar-refractivity contribution in [3.8, 4) is 0 Å². The van der Waals surface area contributed by atoms with Crippen molar-refractivity contribution in [2.45, 2.75) is 52.6 Å². The van der Waals surface area contributed by atoms with Gasteiger partial charge in [-0.3, -0.25) is 9.88 Å². The first-order valence-electron chi connectivity index (χ1n) is 7.18. The summed E-state index contributed by atoms with van der Waals surface area (Å²) in [6.45, 7) is 16.3. The van der Waals surface area contributed by atoms with Crippen molar-refractivity contribution in [2.24, 2.45) is 0 Å². The van der Waals surface area contributed by atoms with E-state index < -0.39 is 5.60 Å². The number of anilines is 1. The van der Waals surface area contributed by atoms with Crippen LogP contribution in [0.25, 0.3) is 5.57 Å². The van der Waals surface area contributed by atoms with Crippen molar-refractivity contribution in [1.29, 1.82) is 0 Å². The molecule has 2 heterocycles. The van der Waals surface area contributed by atoms with E-state index in [0.717, 1.165) is 22.5 Å². The van der Waals surface area contributed by atoms with Crippen molar-refractivity contribution >= 4 is 17.4 Å². The number of amides is 1. The first-order valence-corrected chi connectivity index (χ1v) is 7.18. The summed E-state index contributed by atoms with van der Waals surface area (Å²) >= 11 is 0. The Hall–Kier alpha value is -1.84. The maximum Gasteiger partial charge on any atom is 0.414 e. The lowest BCUT2D eigenvalue weighted by molar-refractivity contribution is 0.0579. The molecule has 4 nitrogen and oxygen atoms in total. The van der Waals surface area contributed by atoms with Gasteiger partial charge in [0.05, 0.1) is 11.4 Å². The normalized spacial score (nSPS) is 16.6. The summed E-state index contributed by atoms with van der Waals surface area (Å²) in [5, 5.41) is 0. The van der Waals surface area contributed by atoms with Gasteiger partial charge in [0, 0.05) is 23.7 Å². The standard InChI is InChI=1S/C17H24N2O2/c1-11(2)13-8-14-12(9-18-13)17(6,7)10-19(14)15(20)21-16(3,4)5/h8-9H,1,10H2,2-7H3. The Bertz CT molecular complexity index is 597. The van der Waals surface area contributed by atoms with Crippen LogP contribution in [-0.2, 0) is 10.2 Å². The molecule has 0 aromatic carbocycles. The molecule has 1 aliphatic rings. The summed E-state index contributed by atoms with van der Waals surface area (Å²) < 4.78 is 5.52. The van der Waals surface area contributed by atoms with Crippen LogP contribution in [0.5, 0.6) is 0 Å². The molecule has 0 N–H and O–H groups in total. The Morgan fingerprint density at radius 1 is 1.43 bits per heavy atom. The fourth-order valence-electron chi connectivity index (χ4n) is 2.47. The molecule has 1 aliphatic heterocycles.